The Bertz CT molecular complexity index is 141. The highest BCUT2D eigenvalue weighted by atomic mass is 16.5. The molecular formula is C12H28N2O2. The van der Waals surface area contributed by atoms with Crippen LogP contribution in [0.25, 0.3) is 0 Å². The van der Waals surface area contributed by atoms with E-state index in [-0.39, 0.29) is 6.61 Å². The molecule has 0 saturated heterocycles. The van der Waals surface area contributed by atoms with E-state index in [9.17, 15) is 0 Å². The lowest BCUT2D eigenvalue weighted by molar-refractivity contribution is 0.0814. The van der Waals surface area contributed by atoms with Crippen molar-refractivity contribution < 1.29 is 9.84 Å². The first-order valence-electron chi connectivity index (χ1n) is 6.41. The van der Waals surface area contributed by atoms with Crippen LogP contribution in [0.1, 0.15) is 20.8 Å². The molecule has 0 bridgehead atoms. The van der Waals surface area contributed by atoms with Gasteiger partial charge in [0.05, 0.1) is 19.8 Å². The van der Waals surface area contributed by atoms with Gasteiger partial charge in [-0.1, -0.05) is 20.8 Å². The summed E-state index contributed by atoms with van der Waals surface area (Å²) >= 11 is 0. The number of hydrogen-bond acceptors (Lipinski definition) is 4. The number of hydrogen-bond donors (Lipinski definition) is 1. The van der Waals surface area contributed by atoms with Gasteiger partial charge in [0.1, 0.15) is 0 Å². The molecule has 0 aromatic carbocycles. The van der Waals surface area contributed by atoms with Crippen LogP contribution in [-0.2, 0) is 4.74 Å². The lowest BCUT2D eigenvalue weighted by atomic mass is 10.4. The summed E-state index contributed by atoms with van der Waals surface area (Å²) in [5, 5.41) is 8.82. The Morgan fingerprint density at radius 2 is 1.31 bits per heavy atom. The average molecular weight is 232 g/mol. The van der Waals surface area contributed by atoms with Gasteiger partial charge in [-0.3, -0.25) is 4.90 Å². The fourth-order valence-corrected chi connectivity index (χ4v) is 1.60. The Labute approximate surface area is 100 Å². The highest BCUT2D eigenvalue weighted by Gasteiger charge is 2.01. The Balaban J connectivity index is 3.37. The van der Waals surface area contributed by atoms with E-state index in [1.807, 2.05) is 0 Å². The highest BCUT2D eigenvalue weighted by Crippen LogP contribution is 1.90. The third-order valence-corrected chi connectivity index (χ3v) is 2.86. The average Bonchev–Trinajstić information content (AvgIpc) is 2.32. The van der Waals surface area contributed by atoms with Gasteiger partial charge in [0, 0.05) is 19.6 Å². The fraction of sp³-hybridized carbons (Fsp3) is 1.00. The van der Waals surface area contributed by atoms with Crippen LogP contribution < -0.4 is 0 Å². The monoisotopic (exact) mass is 232 g/mol. The molecule has 1 N–H and O–H groups in total. The molecule has 0 aliphatic heterocycles. The summed E-state index contributed by atoms with van der Waals surface area (Å²) in [4.78, 5) is 4.54. The molecule has 0 spiro atoms. The van der Waals surface area contributed by atoms with Crippen LogP contribution in [0.15, 0.2) is 0 Å². The van der Waals surface area contributed by atoms with Crippen molar-refractivity contribution in [2.75, 3.05) is 59.1 Å². The highest BCUT2D eigenvalue weighted by molar-refractivity contribution is 4.54. The van der Waals surface area contributed by atoms with Crippen LogP contribution in [0.4, 0.5) is 0 Å². The van der Waals surface area contributed by atoms with Gasteiger partial charge in [0.25, 0.3) is 0 Å². The second kappa shape index (κ2) is 11.3. The van der Waals surface area contributed by atoms with Crippen LogP contribution in [0.3, 0.4) is 0 Å². The molecule has 0 heterocycles. The number of aliphatic hydroxyl groups excluding tert-OH is 1. The molecule has 4 nitrogen and oxygen atoms in total. The maximum atomic E-state index is 8.82. The van der Waals surface area contributed by atoms with Gasteiger partial charge in [0.15, 0.2) is 0 Å². The first-order chi connectivity index (χ1) is 7.78. The van der Waals surface area contributed by atoms with Crippen LogP contribution in [-0.4, -0.2) is 74.0 Å². The van der Waals surface area contributed by atoms with Crippen molar-refractivity contribution >= 4 is 0 Å². The minimum Gasteiger partial charge on any atom is -0.395 e. The van der Waals surface area contributed by atoms with Crippen molar-refractivity contribution in [1.29, 1.82) is 0 Å². The molecule has 0 amide bonds. The van der Waals surface area contributed by atoms with E-state index in [2.05, 4.69) is 30.6 Å². The first kappa shape index (κ1) is 15.8. The Hall–Kier alpha value is -0.160. The van der Waals surface area contributed by atoms with E-state index in [0.717, 1.165) is 52.5 Å². The summed E-state index contributed by atoms with van der Waals surface area (Å²) in [6.45, 7) is 14.1. The fourth-order valence-electron chi connectivity index (χ4n) is 1.60. The van der Waals surface area contributed by atoms with Gasteiger partial charge in [-0.25, -0.2) is 0 Å². The number of nitrogens with zero attached hydrogens (tertiary/aromatic N) is 2. The quantitative estimate of drug-likeness (QED) is 0.531. The number of likely N-dealkylation sites (N-methyl/N-ethyl adjacent to an activating group) is 2. The van der Waals surface area contributed by atoms with Crippen molar-refractivity contribution in [2.24, 2.45) is 0 Å². The lowest BCUT2D eigenvalue weighted by Gasteiger charge is -2.20. The van der Waals surface area contributed by atoms with Gasteiger partial charge in [-0.15, -0.1) is 0 Å². The second-order valence-corrected chi connectivity index (χ2v) is 3.80. The van der Waals surface area contributed by atoms with Crippen molar-refractivity contribution in [3.63, 3.8) is 0 Å². The summed E-state index contributed by atoms with van der Waals surface area (Å²) in [7, 11) is 0. The topological polar surface area (TPSA) is 35.9 Å². The predicted octanol–water partition coefficient (Wildman–Crippen LogP) is 0.659. The molecule has 16 heavy (non-hydrogen) atoms. The SMILES string of the molecule is CCN(CC)CCOCCN(CC)CCO. The van der Waals surface area contributed by atoms with Crippen molar-refractivity contribution in [1.82, 2.24) is 9.80 Å². The summed E-state index contributed by atoms with van der Waals surface area (Å²) in [5.74, 6) is 0. The van der Waals surface area contributed by atoms with Gasteiger partial charge in [-0.05, 0) is 19.6 Å². The molecule has 0 aromatic rings. The zero-order valence-corrected chi connectivity index (χ0v) is 11.1. The Morgan fingerprint density at radius 1 is 0.812 bits per heavy atom. The van der Waals surface area contributed by atoms with E-state index in [0.29, 0.717) is 0 Å². The Kier molecular flexibility index (Phi) is 11.2. The van der Waals surface area contributed by atoms with Gasteiger partial charge >= 0.3 is 0 Å². The largest absolute Gasteiger partial charge is 0.395 e. The van der Waals surface area contributed by atoms with E-state index in [1.165, 1.54) is 0 Å². The van der Waals surface area contributed by atoms with Gasteiger partial charge in [-0.2, -0.15) is 0 Å². The minimum atomic E-state index is 0.229. The van der Waals surface area contributed by atoms with E-state index < -0.39 is 0 Å². The zero-order valence-electron chi connectivity index (χ0n) is 11.1. The van der Waals surface area contributed by atoms with E-state index in [4.69, 9.17) is 9.84 Å². The number of aliphatic hydroxyl groups is 1. The van der Waals surface area contributed by atoms with E-state index in [1.54, 1.807) is 0 Å². The molecule has 0 radical (unpaired) electrons. The third-order valence-electron chi connectivity index (χ3n) is 2.86. The van der Waals surface area contributed by atoms with Crippen LogP contribution >= 0.6 is 0 Å². The molecule has 0 rings (SSSR count). The molecule has 4 heteroatoms. The molecule has 0 aromatic heterocycles. The third kappa shape index (κ3) is 8.05. The summed E-state index contributed by atoms with van der Waals surface area (Å²) in [6.07, 6.45) is 0. The number of ether oxygens (including phenoxy) is 1. The van der Waals surface area contributed by atoms with Gasteiger partial charge in [0.2, 0.25) is 0 Å². The summed E-state index contributed by atoms with van der Waals surface area (Å²) < 4.78 is 5.58. The first-order valence-corrected chi connectivity index (χ1v) is 6.41. The molecule has 0 saturated carbocycles. The molecule has 0 aliphatic carbocycles. The second-order valence-electron chi connectivity index (χ2n) is 3.80. The molecule has 0 aliphatic rings. The minimum absolute atomic E-state index is 0.229. The van der Waals surface area contributed by atoms with Gasteiger partial charge < -0.3 is 14.7 Å². The van der Waals surface area contributed by atoms with Crippen molar-refractivity contribution in [2.45, 2.75) is 20.8 Å². The normalized spacial score (nSPS) is 11.6. The molecule has 0 atom stereocenters. The Morgan fingerprint density at radius 3 is 1.75 bits per heavy atom. The number of rotatable bonds is 11. The summed E-state index contributed by atoms with van der Waals surface area (Å²) in [5.41, 5.74) is 0. The lowest BCUT2D eigenvalue weighted by Crippen LogP contribution is -2.31. The van der Waals surface area contributed by atoms with Crippen LogP contribution in [0.5, 0.6) is 0 Å². The maximum absolute atomic E-state index is 8.82. The molecule has 98 valence electrons. The molecule has 0 fully saturated rings. The van der Waals surface area contributed by atoms with Crippen molar-refractivity contribution in [3.8, 4) is 0 Å². The smallest absolute Gasteiger partial charge is 0.0594 e. The van der Waals surface area contributed by atoms with Crippen LogP contribution in [0.2, 0.25) is 0 Å². The molecule has 0 unspecified atom stereocenters. The van der Waals surface area contributed by atoms with Crippen molar-refractivity contribution in [3.05, 3.63) is 0 Å². The maximum Gasteiger partial charge on any atom is 0.0594 e. The zero-order chi connectivity index (χ0) is 12.2. The van der Waals surface area contributed by atoms with Crippen LogP contribution in [0, 0.1) is 0 Å². The standard InChI is InChI=1S/C12H28N2O2/c1-4-13(5-2)8-11-16-12-9-14(6-3)7-10-15/h15H,4-12H2,1-3H3. The predicted molar refractivity (Wildman–Crippen MR) is 67.8 cm³/mol. The molecular weight excluding hydrogens is 204 g/mol. The van der Waals surface area contributed by atoms with E-state index >= 15 is 0 Å². The summed E-state index contributed by atoms with van der Waals surface area (Å²) in [6, 6.07) is 0.